The maximum Gasteiger partial charge on any atom is 0.416 e. The summed E-state index contributed by atoms with van der Waals surface area (Å²) in [6.07, 6.45) is 0.157. The van der Waals surface area contributed by atoms with Gasteiger partial charge in [-0.2, -0.15) is 0 Å². The highest BCUT2D eigenvalue weighted by Gasteiger charge is 2.12. The van der Waals surface area contributed by atoms with E-state index < -0.39 is 11.9 Å². The third kappa shape index (κ3) is 1.63. The molecule has 0 fully saturated rings. The van der Waals surface area contributed by atoms with Crippen LogP contribution in [0.4, 0.5) is 9.18 Å². The lowest BCUT2D eigenvalue weighted by Gasteiger charge is -2.01. The second-order valence-electron chi connectivity index (χ2n) is 3.12. The van der Waals surface area contributed by atoms with Gasteiger partial charge in [-0.3, -0.25) is 0 Å². The van der Waals surface area contributed by atoms with Crippen LogP contribution < -0.4 is 0 Å². The van der Waals surface area contributed by atoms with E-state index in [4.69, 9.17) is 5.11 Å². The number of nitrogens with zero attached hydrogens (tertiary/aromatic N) is 1. The topological polar surface area (TPSA) is 42.2 Å². The van der Waals surface area contributed by atoms with Gasteiger partial charge in [0, 0.05) is 16.9 Å². The number of halogens is 2. The van der Waals surface area contributed by atoms with Gasteiger partial charge in [-0.15, -0.1) is 0 Å². The highest BCUT2D eigenvalue weighted by molar-refractivity contribution is 9.08. The van der Waals surface area contributed by atoms with E-state index in [0.717, 1.165) is 10.1 Å². The molecule has 1 heterocycles. The molecule has 5 heteroatoms. The molecule has 0 saturated carbocycles. The smallest absolute Gasteiger partial charge is 0.416 e. The lowest BCUT2D eigenvalue weighted by Crippen LogP contribution is -2.06. The molecule has 0 aliphatic heterocycles. The quantitative estimate of drug-likeness (QED) is 0.810. The zero-order chi connectivity index (χ0) is 11.0. The molecule has 0 spiro atoms. The summed E-state index contributed by atoms with van der Waals surface area (Å²) in [6.45, 7) is 0. The van der Waals surface area contributed by atoms with Crippen LogP contribution in [-0.4, -0.2) is 15.8 Å². The number of carbonyl (C=O) groups is 1. The number of benzene rings is 1. The summed E-state index contributed by atoms with van der Waals surface area (Å²) < 4.78 is 14.5. The molecular formula is C10H7BrFNO2. The number of carboxylic acid groups (broad SMARTS) is 1. The van der Waals surface area contributed by atoms with Gasteiger partial charge in [0.2, 0.25) is 0 Å². The second-order valence-corrected chi connectivity index (χ2v) is 3.68. The number of fused-ring (bicyclic) bond motifs is 1. The molecule has 1 N–H and O–H groups in total. The average molecular weight is 272 g/mol. The van der Waals surface area contributed by atoms with Crippen LogP contribution in [0.15, 0.2) is 24.4 Å². The minimum absolute atomic E-state index is 0.104. The minimum Gasteiger partial charge on any atom is -0.464 e. The maximum absolute atomic E-state index is 13.6. The van der Waals surface area contributed by atoms with Crippen LogP contribution >= 0.6 is 15.9 Å². The molecule has 3 nitrogen and oxygen atoms in total. The highest BCUT2D eigenvalue weighted by Crippen LogP contribution is 2.22. The standard InChI is InChI=1S/C10H7BrFNO2/c11-5-6-3-7-1-2-13(10(14)15)9(7)8(12)4-6/h1-4H,5H2,(H,14,15). The van der Waals surface area contributed by atoms with Crippen molar-refractivity contribution in [3.8, 4) is 0 Å². The van der Waals surface area contributed by atoms with Crippen LogP contribution in [0.1, 0.15) is 5.56 Å². The Hall–Kier alpha value is -1.36. The summed E-state index contributed by atoms with van der Waals surface area (Å²) in [4.78, 5) is 10.8. The monoisotopic (exact) mass is 271 g/mol. The van der Waals surface area contributed by atoms with Crippen LogP contribution in [0.3, 0.4) is 0 Å². The molecule has 0 radical (unpaired) electrons. The lowest BCUT2D eigenvalue weighted by atomic mass is 10.2. The van der Waals surface area contributed by atoms with Gasteiger partial charge in [-0.25, -0.2) is 13.8 Å². The van der Waals surface area contributed by atoms with Crippen molar-refractivity contribution in [1.29, 1.82) is 0 Å². The second kappa shape index (κ2) is 3.66. The number of hydrogen-bond acceptors (Lipinski definition) is 1. The molecule has 0 bridgehead atoms. The third-order valence-corrected chi connectivity index (χ3v) is 2.80. The highest BCUT2D eigenvalue weighted by atomic mass is 79.9. The normalized spacial score (nSPS) is 10.8. The molecule has 2 rings (SSSR count). The Labute approximate surface area is 93.3 Å². The van der Waals surface area contributed by atoms with Gasteiger partial charge in [-0.05, 0) is 23.8 Å². The molecule has 1 aromatic heterocycles. The summed E-state index contributed by atoms with van der Waals surface area (Å²) >= 11 is 3.22. The van der Waals surface area contributed by atoms with Crippen LogP contribution in [0.25, 0.3) is 10.9 Å². The van der Waals surface area contributed by atoms with Gasteiger partial charge < -0.3 is 5.11 Å². The fraction of sp³-hybridized carbons (Fsp3) is 0.100. The van der Waals surface area contributed by atoms with Crippen LogP contribution in [0.2, 0.25) is 0 Å². The average Bonchev–Trinajstić information content (AvgIpc) is 2.61. The van der Waals surface area contributed by atoms with Crippen molar-refractivity contribution in [2.75, 3.05) is 0 Å². The molecule has 0 atom stereocenters. The summed E-state index contributed by atoms with van der Waals surface area (Å²) in [5.41, 5.74) is 0.885. The Morgan fingerprint density at radius 3 is 2.87 bits per heavy atom. The van der Waals surface area contributed by atoms with E-state index >= 15 is 0 Å². The van der Waals surface area contributed by atoms with E-state index in [1.54, 1.807) is 12.1 Å². The van der Waals surface area contributed by atoms with Crippen molar-refractivity contribution in [2.45, 2.75) is 5.33 Å². The molecule has 0 saturated heterocycles. The van der Waals surface area contributed by atoms with Gasteiger partial charge in [0.1, 0.15) is 5.82 Å². The Morgan fingerprint density at radius 2 is 2.27 bits per heavy atom. The molecule has 1 aromatic carbocycles. The first-order valence-corrected chi connectivity index (χ1v) is 5.34. The summed E-state index contributed by atoms with van der Waals surface area (Å²) in [5, 5.41) is 9.94. The first kappa shape index (κ1) is 10.2. The first-order chi connectivity index (χ1) is 7.13. The zero-order valence-corrected chi connectivity index (χ0v) is 9.16. The van der Waals surface area contributed by atoms with E-state index in [9.17, 15) is 9.18 Å². The van der Waals surface area contributed by atoms with Gasteiger partial charge in [0.25, 0.3) is 0 Å². The number of aromatic nitrogens is 1. The summed E-state index contributed by atoms with van der Waals surface area (Å²) in [5.74, 6) is -0.519. The molecule has 15 heavy (non-hydrogen) atoms. The van der Waals surface area contributed by atoms with Crippen LogP contribution in [-0.2, 0) is 5.33 Å². The summed E-state index contributed by atoms with van der Waals surface area (Å²) in [7, 11) is 0. The fourth-order valence-electron chi connectivity index (χ4n) is 1.53. The molecule has 0 amide bonds. The minimum atomic E-state index is -1.18. The van der Waals surface area contributed by atoms with Crippen molar-refractivity contribution < 1.29 is 14.3 Å². The maximum atomic E-state index is 13.6. The lowest BCUT2D eigenvalue weighted by molar-refractivity contribution is 0.197. The molecule has 0 aliphatic rings. The van der Waals surface area contributed by atoms with E-state index in [2.05, 4.69) is 15.9 Å². The molecule has 0 unspecified atom stereocenters. The number of alkyl halides is 1. The third-order valence-electron chi connectivity index (χ3n) is 2.16. The van der Waals surface area contributed by atoms with E-state index in [1.165, 1.54) is 12.3 Å². The molecule has 2 aromatic rings. The molecule has 0 aliphatic carbocycles. The van der Waals surface area contributed by atoms with E-state index in [0.29, 0.717) is 10.7 Å². The Bertz CT molecular complexity index is 535. The van der Waals surface area contributed by atoms with Crippen LogP contribution in [0.5, 0.6) is 0 Å². The van der Waals surface area contributed by atoms with Crippen molar-refractivity contribution in [2.24, 2.45) is 0 Å². The Balaban J connectivity index is 2.77. The number of rotatable bonds is 1. The Morgan fingerprint density at radius 1 is 1.53 bits per heavy atom. The van der Waals surface area contributed by atoms with Crippen molar-refractivity contribution in [3.05, 3.63) is 35.8 Å². The van der Waals surface area contributed by atoms with Crippen LogP contribution in [0, 0.1) is 5.82 Å². The van der Waals surface area contributed by atoms with E-state index in [-0.39, 0.29) is 5.52 Å². The van der Waals surface area contributed by atoms with Crippen molar-refractivity contribution in [3.63, 3.8) is 0 Å². The molecular weight excluding hydrogens is 265 g/mol. The van der Waals surface area contributed by atoms with Gasteiger partial charge in [0.15, 0.2) is 0 Å². The van der Waals surface area contributed by atoms with Gasteiger partial charge >= 0.3 is 6.09 Å². The van der Waals surface area contributed by atoms with E-state index in [1.807, 2.05) is 0 Å². The summed E-state index contributed by atoms with van der Waals surface area (Å²) in [6, 6.07) is 4.67. The van der Waals surface area contributed by atoms with Crippen molar-refractivity contribution >= 4 is 32.9 Å². The zero-order valence-electron chi connectivity index (χ0n) is 7.58. The van der Waals surface area contributed by atoms with Gasteiger partial charge in [0.05, 0.1) is 5.52 Å². The fourth-order valence-corrected chi connectivity index (χ4v) is 1.85. The first-order valence-electron chi connectivity index (χ1n) is 4.22. The SMILES string of the molecule is O=C(O)n1ccc2cc(CBr)cc(F)c21. The Kier molecular flexibility index (Phi) is 2.48. The predicted molar refractivity (Wildman–Crippen MR) is 57.9 cm³/mol. The van der Waals surface area contributed by atoms with Gasteiger partial charge in [-0.1, -0.05) is 15.9 Å². The van der Waals surface area contributed by atoms with Crippen molar-refractivity contribution in [1.82, 2.24) is 4.57 Å². The molecule has 78 valence electrons. The largest absolute Gasteiger partial charge is 0.464 e. The predicted octanol–water partition coefficient (Wildman–Crippen LogP) is 3.20. The number of hydrogen-bond donors (Lipinski definition) is 1.